The predicted octanol–water partition coefficient (Wildman–Crippen LogP) is 2.74. The molecule has 1 aromatic carbocycles. The molecule has 0 spiro atoms. The lowest BCUT2D eigenvalue weighted by atomic mass is 10.1. The van der Waals surface area contributed by atoms with E-state index in [0.717, 1.165) is 5.56 Å². The van der Waals surface area contributed by atoms with Gasteiger partial charge in [0.1, 0.15) is 6.61 Å². The van der Waals surface area contributed by atoms with Gasteiger partial charge in [-0.2, -0.15) is 0 Å². The normalized spacial score (nSPS) is 11.1. The Bertz CT molecular complexity index is 635. The maximum absolute atomic E-state index is 11.6. The SMILES string of the molecule is O=C(C/C=C(/C(=O)O)c1cscn1)OCc1ccccc1. The van der Waals surface area contributed by atoms with E-state index in [4.69, 9.17) is 9.84 Å². The van der Waals surface area contributed by atoms with Crippen LogP contribution in [0.4, 0.5) is 0 Å². The van der Waals surface area contributed by atoms with Gasteiger partial charge < -0.3 is 9.84 Å². The number of carbonyl (C=O) groups is 2. The number of benzene rings is 1. The molecule has 0 unspecified atom stereocenters. The van der Waals surface area contributed by atoms with E-state index in [2.05, 4.69) is 4.98 Å². The molecular weight excluding hydrogens is 290 g/mol. The standard InChI is InChI=1S/C15H13NO4S/c17-14(20-8-11-4-2-1-3-5-11)7-6-12(15(18)19)13-9-21-10-16-13/h1-6,9-10H,7-8H2,(H,18,19)/b12-6+. The summed E-state index contributed by atoms with van der Waals surface area (Å²) in [5.41, 5.74) is 2.78. The Morgan fingerprint density at radius 3 is 2.67 bits per heavy atom. The van der Waals surface area contributed by atoms with Gasteiger partial charge in [0.05, 0.1) is 23.2 Å². The summed E-state index contributed by atoms with van der Waals surface area (Å²) < 4.78 is 5.08. The molecular formula is C15H13NO4S. The van der Waals surface area contributed by atoms with Crippen molar-refractivity contribution in [2.75, 3.05) is 0 Å². The summed E-state index contributed by atoms with van der Waals surface area (Å²) in [6, 6.07) is 9.28. The summed E-state index contributed by atoms with van der Waals surface area (Å²) >= 11 is 1.30. The number of carboxylic acids is 1. The van der Waals surface area contributed by atoms with E-state index in [1.54, 1.807) is 10.9 Å². The van der Waals surface area contributed by atoms with Crippen molar-refractivity contribution in [1.29, 1.82) is 0 Å². The molecule has 0 bridgehead atoms. The molecule has 2 aromatic rings. The number of carboxylic acid groups (broad SMARTS) is 1. The lowest BCUT2D eigenvalue weighted by Crippen LogP contribution is -2.05. The van der Waals surface area contributed by atoms with E-state index < -0.39 is 11.9 Å². The van der Waals surface area contributed by atoms with Crippen molar-refractivity contribution >= 4 is 28.8 Å². The van der Waals surface area contributed by atoms with E-state index in [9.17, 15) is 9.59 Å². The number of aliphatic carboxylic acids is 1. The van der Waals surface area contributed by atoms with Gasteiger partial charge in [-0.05, 0) is 5.56 Å². The maximum atomic E-state index is 11.6. The van der Waals surface area contributed by atoms with Crippen molar-refractivity contribution in [2.45, 2.75) is 13.0 Å². The zero-order valence-corrected chi connectivity index (χ0v) is 11.9. The zero-order valence-electron chi connectivity index (χ0n) is 11.1. The van der Waals surface area contributed by atoms with Crippen LogP contribution in [0.15, 0.2) is 47.3 Å². The lowest BCUT2D eigenvalue weighted by Gasteiger charge is -2.03. The summed E-state index contributed by atoms with van der Waals surface area (Å²) in [5.74, 6) is -1.59. The molecule has 0 saturated carbocycles. The van der Waals surface area contributed by atoms with Crippen LogP contribution in [0.5, 0.6) is 0 Å². The number of nitrogens with zero attached hydrogens (tertiary/aromatic N) is 1. The zero-order chi connectivity index (χ0) is 15.1. The molecule has 5 nitrogen and oxygen atoms in total. The van der Waals surface area contributed by atoms with Gasteiger partial charge in [-0.15, -0.1) is 11.3 Å². The molecule has 0 fully saturated rings. The van der Waals surface area contributed by atoms with Gasteiger partial charge >= 0.3 is 11.9 Å². The maximum Gasteiger partial charge on any atom is 0.337 e. The second-order valence-electron chi connectivity index (χ2n) is 4.15. The second-order valence-corrected chi connectivity index (χ2v) is 4.87. The van der Waals surface area contributed by atoms with Gasteiger partial charge in [-0.1, -0.05) is 36.4 Å². The highest BCUT2D eigenvalue weighted by atomic mass is 32.1. The van der Waals surface area contributed by atoms with Crippen molar-refractivity contribution in [1.82, 2.24) is 4.98 Å². The van der Waals surface area contributed by atoms with Gasteiger partial charge in [0, 0.05) is 5.38 Å². The fourth-order valence-corrected chi connectivity index (χ4v) is 2.18. The van der Waals surface area contributed by atoms with Gasteiger partial charge in [-0.3, -0.25) is 4.79 Å². The summed E-state index contributed by atoms with van der Waals surface area (Å²) in [7, 11) is 0. The molecule has 0 radical (unpaired) electrons. The minimum atomic E-state index is -1.11. The monoisotopic (exact) mass is 303 g/mol. The van der Waals surface area contributed by atoms with Crippen LogP contribution in [-0.2, 0) is 20.9 Å². The Morgan fingerprint density at radius 2 is 2.05 bits per heavy atom. The Labute approximate surface area is 125 Å². The molecule has 1 aromatic heterocycles. The highest BCUT2D eigenvalue weighted by Gasteiger charge is 2.13. The number of rotatable bonds is 6. The number of hydrogen-bond acceptors (Lipinski definition) is 5. The first kappa shape index (κ1) is 14.9. The number of thiazole rings is 1. The molecule has 0 atom stereocenters. The van der Waals surface area contributed by atoms with E-state index in [0.29, 0.717) is 5.69 Å². The molecule has 6 heteroatoms. The van der Waals surface area contributed by atoms with Crippen LogP contribution >= 0.6 is 11.3 Å². The molecule has 21 heavy (non-hydrogen) atoms. The first-order chi connectivity index (χ1) is 10.2. The summed E-state index contributed by atoms with van der Waals surface area (Å²) in [6.45, 7) is 0.173. The van der Waals surface area contributed by atoms with Crippen molar-refractivity contribution in [3.8, 4) is 0 Å². The molecule has 2 rings (SSSR count). The van der Waals surface area contributed by atoms with Crippen LogP contribution in [-0.4, -0.2) is 22.0 Å². The van der Waals surface area contributed by atoms with Gasteiger partial charge in [0.15, 0.2) is 0 Å². The third-order valence-corrected chi connectivity index (χ3v) is 3.24. The van der Waals surface area contributed by atoms with Crippen molar-refractivity contribution in [3.63, 3.8) is 0 Å². The highest BCUT2D eigenvalue weighted by Crippen LogP contribution is 2.15. The summed E-state index contributed by atoms with van der Waals surface area (Å²) in [4.78, 5) is 26.7. The lowest BCUT2D eigenvalue weighted by molar-refractivity contribution is -0.143. The van der Waals surface area contributed by atoms with Gasteiger partial charge in [0.2, 0.25) is 0 Å². The number of esters is 1. The Hall–Kier alpha value is -2.47. The van der Waals surface area contributed by atoms with Crippen LogP contribution in [0.25, 0.3) is 5.57 Å². The van der Waals surface area contributed by atoms with Crippen LogP contribution in [0, 0.1) is 0 Å². The average Bonchev–Trinajstić information content (AvgIpc) is 3.00. The third-order valence-electron chi connectivity index (χ3n) is 2.65. The molecule has 0 aliphatic carbocycles. The summed E-state index contributed by atoms with van der Waals surface area (Å²) in [6.07, 6.45) is 1.22. The van der Waals surface area contributed by atoms with Gasteiger partial charge in [0.25, 0.3) is 0 Å². The third kappa shape index (κ3) is 4.54. The highest BCUT2D eigenvalue weighted by molar-refractivity contribution is 7.07. The van der Waals surface area contributed by atoms with Crippen LogP contribution in [0.3, 0.4) is 0 Å². The molecule has 0 amide bonds. The Morgan fingerprint density at radius 1 is 1.29 bits per heavy atom. The van der Waals surface area contributed by atoms with E-state index in [1.807, 2.05) is 30.3 Å². The predicted molar refractivity (Wildman–Crippen MR) is 78.6 cm³/mol. The largest absolute Gasteiger partial charge is 0.478 e. The van der Waals surface area contributed by atoms with Crippen molar-refractivity contribution in [2.24, 2.45) is 0 Å². The number of ether oxygens (including phenoxy) is 1. The van der Waals surface area contributed by atoms with Gasteiger partial charge in [-0.25, -0.2) is 9.78 Å². The van der Waals surface area contributed by atoms with Crippen LogP contribution < -0.4 is 0 Å². The van der Waals surface area contributed by atoms with Crippen LogP contribution in [0.2, 0.25) is 0 Å². The molecule has 1 N–H and O–H groups in total. The quantitative estimate of drug-likeness (QED) is 0.656. The van der Waals surface area contributed by atoms with E-state index in [1.165, 1.54) is 17.4 Å². The minimum Gasteiger partial charge on any atom is -0.478 e. The Kier molecular flexibility index (Phi) is 5.22. The topological polar surface area (TPSA) is 76.5 Å². The minimum absolute atomic E-state index is 0.00733. The number of aromatic nitrogens is 1. The van der Waals surface area contributed by atoms with E-state index >= 15 is 0 Å². The molecule has 0 aliphatic heterocycles. The number of hydrogen-bond donors (Lipinski definition) is 1. The Balaban J connectivity index is 1.92. The van der Waals surface area contributed by atoms with Crippen molar-refractivity contribution < 1.29 is 19.4 Å². The summed E-state index contributed by atoms with van der Waals surface area (Å²) in [5, 5.41) is 10.7. The van der Waals surface area contributed by atoms with Crippen LogP contribution in [0.1, 0.15) is 17.7 Å². The smallest absolute Gasteiger partial charge is 0.337 e. The molecule has 1 heterocycles. The average molecular weight is 303 g/mol. The van der Waals surface area contributed by atoms with Crippen molar-refractivity contribution in [3.05, 3.63) is 58.6 Å². The fraction of sp³-hybridized carbons (Fsp3) is 0.133. The molecule has 0 aliphatic rings. The second kappa shape index (κ2) is 7.35. The fourth-order valence-electron chi connectivity index (χ4n) is 1.63. The molecule has 0 saturated heterocycles. The first-order valence-electron chi connectivity index (χ1n) is 6.18. The first-order valence-corrected chi connectivity index (χ1v) is 7.12. The number of carbonyl (C=O) groups excluding carboxylic acids is 1. The molecule has 108 valence electrons. The van der Waals surface area contributed by atoms with E-state index in [-0.39, 0.29) is 18.6 Å².